The summed E-state index contributed by atoms with van der Waals surface area (Å²) in [5.41, 5.74) is 2.85. The molecule has 0 unspecified atom stereocenters. The molecule has 0 radical (unpaired) electrons. The second-order valence-corrected chi connectivity index (χ2v) is 9.10. The van der Waals surface area contributed by atoms with E-state index < -0.39 is 5.82 Å². The van der Waals surface area contributed by atoms with E-state index in [0.29, 0.717) is 47.7 Å². The van der Waals surface area contributed by atoms with Gasteiger partial charge in [-0.2, -0.15) is 5.10 Å². The monoisotopic (exact) mass is 503 g/mol. The zero-order chi connectivity index (χ0) is 25.7. The van der Waals surface area contributed by atoms with Crippen molar-refractivity contribution in [2.24, 2.45) is 0 Å². The number of nitrogens with one attached hydrogen (secondary N) is 3. The van der Waals surface area contributed by atoms with Gasteiger partial charge in [-0.25, -0.2) is 19.3 Å². The molecule has 1 aliphatic rings. The topological polar surface area (TPSA) is 130 Å². The van der Waals surface area contributed by atoms with Crippen LogP contribution in [0.2, 0.25) is 0 Å². The Labute approximate surface area is 210 Å². The Bertz CT molecular complexity index is 1650. The second kappa shape index (κ2) is 8.96. The van der Waals surface area contributed by atoms with Gasteiger partial charge in [-0.15, -0.1) is 0 Å². The molecule has 0 amide bonds. The Balaban J connectivity index is 1.48. The molecule has 5 aromatic rings. The summed E-state index contributed by atoms with van der Waals surface area (Å²) in [6, 6.07) is 4.70. The number of fused-ring (bicyclic) bond motifs is 2. The first-order valence-electron chi connectivity index (χ1n) is 12.1. The molecule has 0 spiro atoms. The summed E-state index contributed by atoms with van der Waals surface area (Å²) in [5, 5.41) is 8.02. The van der Waals surface area contributed by atoms with Gasteiger partial charge in [0.15, 0.2) is 5.82 Å². The van der Waals surface area contributed by atoms with Crippen molar-refractivity contribution in [3.8, 4) is 11.4 Å². The van der Waals surface area contributed by atoms with E-state index in [0.717, 1.165) is 5.69 Å². The summed E-state index contributed by atoms with van der Waals surface area (Å²) in [7, 11) is 1.67. The number of aryl methyl sites for hydroxylation is 1. The molecule has 1 fully saturated rings. The van der Waals surface area contributed by atoms with Crippen molar-refractivity contribution in [3.05, 3.63) is 58.8 Å². The number of aromatic amines is 2. The van der Waals surface area contributed by atoms with Crippen LogP contribution in [-0.2, 0) is 11.3 Å². The van der Waals surface area contributed by atoms with Crippen LogP contribution >= 0.6 is 0 Å². The molecule has 0 bridgehead atoms. The van der Waals surface area contributed by atoms with Gasteiger partial charge in [-0.05, 0) is 32.0 Å². The molecule has 1 saturated heterocycles. The fourth-order valence-corrected chi connectivity index (χ4v) is 4.62. The van der Waals surface area contributed by atoms with E-state index in [1.807, 2.05) is 24.8 Å². The van der Waals surface area contributed by atoms with E-state index in [1.54, 1.807) is 36.4 Å². The zero-order valence-electron chi connectivity index (χ0n) is 20.6. The minimum Gasteiger partial charge on any atom is -0.378 e. The highest BCUT2D eigenvalue weighted by Gasteiger charge is 2.28. The number of hydrogen-bond donors (Lipinski definition) is 3. The lowest BCUT2D eigenvalue weighted by Gasteiger charge is -2.39. The van der Waals surface area contributed by atoms with Gasteiger partial charge in [0.05, 0.1) is 28.9 Å². The molecule has 3 N–H and O–H groups in total. The number of H-pyrrole nitrogens is 2. The van der Waals surface area contributed by atoms with Crippen LogP contribution < -0.4 is 15.8 Å². The average molecular weight is 504 g/mol. The summed E-state index contributed by atoms with van der Waals surface area (Å²) < 4.78 is 22.2. The first kappa shape index (κ1) is 23.1. The fraction of sp³-hybridized carbons (Fsp3) is 0.320. The minimum absolute atomic E-state index is 0.133. The molecule has 0 saturated carbocycles. The predicted octanol–water partition coefficient (Wildman–Crippen LogP) is 3.23. The molecule has 190 valence electrons. The Kier molecular flexibility index (Phi) is 5.60. The highest BCUT2D eigenvalue weighted by Crippen LogP contribution is 2.34. The van der Waals surface area contributed by atoms with Crippen LogP contribution in [0, 0.1) is 5.82 Å². The summed E-state index contributed by atoms with van der Waals surface area (Å²) in [4.78, 5) is 34.6. The van der Waals surface area contributed by atoms with Crippen molar-refractivity contribution >= 4 is 33.4 Å². The summed E-state index contributed by atoms with van der Waals surface area (Å²) in [5.74, 6) is 0.326. The Hall–Kier alpha value is -4.32. The van der Waals surface area contributed by atoms with Crippen molar-refractivity contribution < 1.29 is 9.13 Å². The van der Waals surface area contributed by atoms with Crippen LogP contribution in [0.4, 0.5) is 15.8 Å². The molecule has 1 atom stereocenters. The molecular formula is C25H26FN9O2. The average Bonchev–Trinajstić information content (AvgIpc) is 3.48. The summed E-state index contributed by atoms with van der Waals surface area (Å²) in [6.45, 7) is 5.86. The molecule has 1 aliphatic heterocycles. The largest absolute Gasteiger partial charge is 0.378 e. The number of rotatable bonds is 7. The third kappa shape index (κ3) is 3.99. The van der Waals surface area contributed by atoms with E-state index in [-0.39, 0.29) is 34.6 Å². The van der Waals surface area contributed by atoms with Crippen molar-refractivity contribution in [3.63, 3.8) is 0 Å². The lowest BCUT2D eigenvalue weighted by molar-refractivity contribution is 0.0787. The molecule has 11 nitrogen and oxygen atoms in total. The maximum absolute atomic E-state index is 15.1. The van der Waals surface area contributed by atoms with Gasteiger partial charge in [0.25, 0.3) is 5.56 Å². The third-order valence-corrected chi connectivity index (χ3v) is 6.69. The first-order valence-corrected chi connectivity index (χ1v) is 12.1. The van der Waals surface area contributed by atoms with Crippen LogP contribution in [-0.4, -0.2) is 61.0 Å². The third-order valence-electron chi connectivity index (χ3n) is 6.69. The quantitative estimate of drug-likeness (QED) is 0.309. The SMILES string of the molecule is CCn1cc2[nH]c(=O)c(-c3nc4c(F)cc(N5CC(OC)C5)cc4[nH]3)c(N[C@@H](C)c3ncccn3)c2n1. The van der Waals surface area contributed by atoms with E-state index in [4.69, 9.17) is 4.74 Å². The van der Waals surface area contributed by atoms with Gasteiger partial charge in [-0.1, -0.05) is 0 Å². The molecule has 6 rings (SSSR count). The molecule has 12 heteroatoms. The van der Waals surface area contributed by atoms with Gasteiger partial charge in [0, 0.05) is 51.0 Å². The number of ether oxygens (including phenoxy) is 1. The molecule has 0 aliphatic carbocycles. The molecule has 37 heavy (non-hydrogen) atoms. The highest BCUT2D eigenvalue weighted by molar-refractivity contribution is 5.97. The number of aromatic nitrogens is 7. The van der Waals surface area contributed by atoms with Crippen molar-refractivity contribution in [2.75, 3.05) is 30.4 Å². The van der Waals surface area contributed by atoms with Crippen molar-refractivity contribution in [2.45, 2.75) is 32.5 Å². The molecular weight excluding hydrogens is 477 g/mol. The first-order chi connectivity index (χ1) is 17.9. The number of pyridine rings is 1. The van der Waals surface area contributed by atoms with E-state index >= 15 is 4.39 Å². The molecule has 5 heterocycles. The van der Waals surface area contributed by atoms with Gasteiger partial charge >= 0.3 is 0 Å². The van der Waals surface area contributed by atoms with E-state index in [2.05, 4.69) is 35.3 Å². The highest BCUT2D eigenvalue weighted by atomic mass is 19.1. The predicted molar refractivity (Wildman–Crippen MR) is 138 cm³/mol. The number of halogens is 1. The maximum Gasteiger partial charge on any atom is 0.261 e. The number of nitrogens with zero attached hydrogens (tertiary/aromatic N) is 6. The van der Waals surface area contributed by atoms with Crippen LogP contribution in [0.25, 0.3) is 33.5 Å². The smallest absolute Gasteiger partial charge is 0.261 e. The van der Waals surface area contributed by atoms with Crippen LogP contribution in [0.1, 0.15) is 25.7 Å². The van der Waals surface area contributed by atoms with Gasteiger partial charge in [0.2, 0.25) is 0 Å². The minimum atomic E-state index is -0.468. The Morgan fingerprint density at radius 3 is 2.70 bits per heavy atom. The Morgan fingerprint density at radius 2 is 1.97 bits per heavy atom. The lowest BCUT2D eigenvalue weighted by Crippen LogP contribution is -2.51. The lowest BCUT2D eigenvalue weighted by atomic mass is 10.1. The van der Waals surface area contributed by atoms with Gasteiger partial charge in [-0.3, -0.25) is 9.48 Å². The summed E-state index contributed by atoms with van der Waals surface area (Å²) >= 11 is 0. The van der Waals surface area contributed by atoms with E-state index in [9.17, 15) is 4.79 Å². The van der Waals surface area contributed by atoms with Crippen LogP contribution in [0.15, 0.2) is 41.6 Å². The number of hydrogen-bond acceptors (Lipinski definition) is 8. The van der Waals surface area contributed by atoms with Crippen molar-refractivity contribution in [1.82, 2.24) is 34.7 Å². The zero-order valence-corrected chi connectivity index (χ0v) is 20.6. The number of imidazole rings is 1. The summed E-state index contributed by atoms with van der Waals surface area (Å²) in [6.07, 6.45) is 5.23. The van der Waals surface area contributed by atoms with Gasteiger partial charge < -0.3 is 24.9 Å². The standard InChI is InChI=1S/C25H26FN9O2/c1-4-35-12-18-21(33-35)22(29-13(2)23-27-6-5-7-28-23)19(25(36)31-18)24-30-17-9-14(8-16(26)20(17)32-24)34-10-15(11-34)37-3/h5-9,12-13,15,29H,4,10-11H2,1-3H3,(H,30,32)(H,31,36)/t13-/m0/s1. The van der Waals surface area contributed by atoms with Gasteiger partial charge in [0.1, 0.15) is 28.2 Å². The van der Waals surface area contributed by atoms with Crippen molar-refractivity contribution in [1.29, 1.82) is 0 Å². The number of benzene rings is 1. The molecule has 4 aromatic heterocycles. The fourth-order valence-electron chi connectivity index (χ4n) is 4.62. The van der Waals surface area contributed by atoms with E-state index in [1.165, 1.54) is 6.07 Å². The second-order valence-electron chi connectivity index (χ2n) is 9.10. The maximum atomic E-state index is 15.1. The molecule has 1 aromatic carbocycles. The number of anilines is 2. The normalized spacial score (nSPS) is 14.9. The van der Waals surface area contributed by atoms with Crippen LogP contribution in [0.3, 0.4) is 0 Å². The number of methoxy groups -OCH3 is 1. The Morgan fingerprint density at radius 1 is 1.19 bits per heavy atom. The van der Waals surface area contributed by atoms with Crippen LogP contribution in [0.5, 0.6) is 0 Å².